The molecule has 0 spiro atoms. The van der Waals surface area contributed by atoms with Crippen LogP contribution in [0.4, 0.5) is 5.69 Å². The number of fused-ring (bicyclic) bond motifs is 1. The number of thiophene rings is 1. The van der Waals surface area contributed by atoms with Crippen LogP contribution in [0.5, 0.6) is 5.75 Å². The Bertz CT molecular complexity index is 1370. The molecule has 4 heterocycles. The van der Waals surface area contributed by atoms with E-state index in [9.17, 15) is 9.90 Å². The number of pyridine rings is 1. The molecule has 1 amide bonds. The molecular weight excluding hydrogens is 484 g/mol. The Morgan fingerprint density at radius 2 is 2.14 bits per heavy atom. The molecule has 1 aromatic carbocycles. The Balaban J connectivity index is 1.51. The van der Waals surface area contributed by atoms with Gasteiger partial charge in [0, 0.05) is 29.4 Å². The van der Waals surface area contributed by atoms with Crippen LogP contribution in [0.2, 0.25) is 5.02 Å². The highest BCUT2D eigenvalue weighted by Gasteiger charge is 2.22. The molecule has 1 aliphatic rings. The molecule has 9 heteroatoms. The van der Waals surface area contributed by atoms with Crippen molar-refractivity contribution in [2.75, 3.05) is 11.4 Å². The minimum Gasteiger partial charge on any atom is -0.485 e. The van der Waals surface area contributed by atoms with Crippen molar-refractivity contribution in [2.24, 2.45) is 5.73 Å². The topological polar surface area (TPSA) is 93.1 Å². The summed E-state index contributed by atoms with van der Waals surface area (Å²) in [7, 11) is 0. The van der Waals surface area contributed by atoms with Gasteiger partial charge in [-0.1, -0.05) is 29.8 Å². The summed E-state index contributed by atoms with van der Waals surface area (Å²) in [5.41, 5.74) is 9.03. The van der Waals surface area contributed by atoms with E-state index in [4.69, 9.17) is 22.1 Å². The molecule has 0 radical (unpaired) electrons. The summed E-state index contributed by atoms with van der Waals surface area (Å²) in [6.45, 7) is 2.74. The fourth-order valence-corrected chi connectivity index (χ4v) is 5.91. The first-order valence-electron chi connectivity index (χ1n) is 11.6. The fraction of sp³-hybridized carbons (Fsp3) is 0.308. The van der Waals surface area contributed by atoms with Crippen LogP contribution in [0.3, 0.4) is 0 Å². The minimum absolute atomic E-state index is 0.0806. The van der Waals surface area contributed by atoms with Crippen molar-refractivity contribution in [2.45, 2.75) is 44.9 Å². The summed E-state index contributed by atoms with van der Waals surface area (Å²) in [4.78, 5) is 20.0. The van der Waals surface area contributed by atoms with Crippen LogP contribution >= 0.6 is 22.9 Å². The number of hydrogen-bond acceptors (Lipinski definition) is 6. The highest BCUT2D eigenvalue weighted by molar-refractivity contribution is 7.15. The number of carbonyl (C=O) groups is 1. The summed E-state index contributed by atoms with van der Waals surface area (Å²) < 4.78 is 8.30. The minimum atomic E-state index is -0.483. The number of hydrogen-bond donors (Lipinski definition) is 2. The molecule has 4 aromatic rings. The van der Waals surface area contributed by atoms with Crippen LogP contribution in [0.15, 0.2) is 54.9 Å². The van der Waals surface area contributed by atoms with Gasteiger partial charge in [-0.05, 0) is 44.4 Å². The second-order valence-corrected chi connectivity index (χ2v) is 10.3. The molecule has 3 N–H and O–H groups in total. The summed E-state index contributed by atoms with van der Waals surface area (Å²) in [6, 6.07) is 13.4. The highest BCUT2D eigenvalue weighted by atomic mass is 35.5. The van der Waals surface area contributed by atoms with Gasteiger partial charge < -0.3 is 20.5 Å². The number of anilines is 1. The van der Waals surface area contributed by atoms with Crippen molar-refractivity contribution in [3.05, 3.63) is 70.3 Å². The number of imidazole rings is 1. The molecule has 182 valence electrons. The molecule has 35 heavy (non-hydrogen) atoms. The van der Waals surface area contributed by atoms with Crippen LogP contribution < -0.4 is 15.4 Å². The molecule has 0 saturated carbocycles. The third kappa shape index (κ3) is 4.87. The Morgan fingerprint density at radius 1 is 1.31 bits per heavy atom. The predicted octanol–water partition coefficient (Wildman–Crippen LogP) is 5.19. The largest absolute Gasteiger partial charge is 0.485 e. The molecular formula is C26H27ClN4O3S. The van der Waals surface area contributed by atoms with Gasteiger partial charge in [-0.3, -0.25) is 9.20 Å². The normalized spacial score (nSPS) is 17.0. The lowest BCUT2D eigenvalue weighted by atomic mass is 10.1. The summed E-state index contributed by atoms with van der Waals surface area (Å²) in [5, 5.41) is 11.1. The Kier molecular flexibility index (Phi) is 6.69. The predicted molar refractivity (Wildman–Crippen MR) is 139 cm³/mol. The van der Waals surface area contributed by atoms with E-state index in [1.165, 1.54) is 11.3 Å². The van der Waals surface area contributed by atoms with Crippen molar-refractivity contribution in [3.63, 3.8) is 0 Å². The number of benzene rings is 1. The first kappa shape index (κ1) is 23.7. The van der Waals surface area contributed by atoms with Crippen LogP contribution in [0.25, 0.3) is 16.2 Å². The third-order valence-electron chi connectivity index (χ3n) is 6.30. The number of carbonyl (C=O) groups excluding carboxylic acids is 1. The van der Waals surface area contributed by atoms with Crippen LogP contribution in [0, 0.1) is 0 Å². The molecule has 5 rings (SSSR count). The maximum atomic E-state index is 11.8. The number of primary amides is 1. The Labute approximate surface area is 212 Å². The first-order valence-corrected chi connectivity index (χ1v) is 12.8. The van der Waals surface area contributed by atoms with Gasteiger partial charge >= 0.3 is 0 Å². The molecule has 1 unspecified atom stereocenters. The molecule has 1 aliphatic heterocycles. The van der Waals surface area contributed by atoms with Crippen molar-refractivity contribution in [1.29, 1.82) is 0 Å². The number of ether oxygens (including phenoxy) is 1. The fourth-order valence-electron chi connectivity index (χ4n) is 4.51. The van der Waals surface area contributed by atoms with Gasteiger partial charge in [0.1, 0.15) is 23.7 Å². The van der Waals surface area contributed by atoms with Crippen LogP contribution in [-0.4, -0.2) is 33.2 Å². The number of halogens is 1. The van der Waals surface area contributed by atoms with Crippen molar-refractivity contribution in [3.8, 4) is 16.3 Å². The Hall–Kier alpha value is -3.07. The maximum Gasteiger partial charge on any atom is 0.222 e. The number of aliphatic hydroxyl groups is 1. The van der Waals surface area contributed by atoms with Gasteiger partial charge in [-0.2, -0.15) is 0 Å². The standard InChI is InChI=1S/C26H27ClN4O3S/c1-16(18-6-2-3-7-19(18)27)34-21-12-22(35-23(21)13-24(28)32)20-14-29-25-10-9-17(15-31(20)25)30-11-5-4-8-26(30)33/h2-3,6-7,9-10,12,14-16,26,33H,4-5,8,11,13H2,1H3,(H2,28,32)/t16-,26?/m1/s1. The number of rotatable bonds is 7. The highest BCUT2D eigenvalue weighted by Crippen LogP contribution is 2.40. The average Bonchev–Trinajstić information content (AvgIpc) is 3.42. The van der Waals surface area contributed by atoms with E-state index in [0.29, 0.717) is 10.8 Å². The second-order valence-electron chi connectivity index (χ2n) is 8.75. The molecule has 3 aromatic heterocycles. The summed E-state index contributed by atoms with van der Waals surface area (Å²) >= 11 is 7.83. The third-order valence-corrected chi connectivity index (χ3v) is 7.78. The monoisotopic (exact) mass is 510 g/mol. The summed E-state index contributed by atoms with van der Waals surface area (Å²) in [6.07, 6.45) is 5.95. The van der Waals surface area contributed by atoms with E-state index in [2.05, 4.69) is 4.98 Å². The SMILES string of the molecule is C[C@@H](Oc1cc(-c2cnc3ccc(N4CCCCC4O)cn23)sc1CC(N)=O)c1ccccc1Cl. The van der Waals surface area contributed by atoms with Crippen LogP contribution in [-0.2, 0) is 11.2 Å². The molecule has 7 nitrogen and oxygen atoms in total. The number of piperidine rings is 1. The molecule has 1 saturated heterocycles. The number of aromatic nitrogens is 2. The number of nitrogens with two attached hydrogens (primary N) is 1. The zero-order valence-corrected chi connectivity index (χ0v) is 20.9. The average molecular weight is 511 g/mol. The van der Waals surface area contributed by atoms with Crippen molar-refractivity contribution in [1.82, 2.24) is 9.38 Å². The quantitative estimate of drug-likeness (QED) is 0.357. The van der Waals surface area contributed by atoms with E-state index in [-0.39, 0.29) is 12.5 Å². The van der Waals surface area contributed by atoms with Gasteiger partial charge in [0.2, 0.25) is 5.91 Å². The number of aliphatic hydroxyl groups excluding tert-OH is 1. The first-order chi connectivity index (χ1) is 16.9. The van der Waals surface area contributed by atoms with Gasteiger partial charge in [0.25, 0.3) is 0 Å². The lowest BCUT2D eigenvalue weighted by Crippen LogP contribution is -2.39. The summed E-state index contributed by atoms with van der Waals surface area (Å²) in [5.74, 6) is 0.182. The molecule has 0 aliphatic carbocycles. The lowest BCUT2D eigenvalue weighted by molar-refractivity contribution is -0.117. The number of nitrogens with zero attached hydrogens (tertiary/aromatic N) is 3. The smallest absolute Gasteiger partial charge is 0.222 e. The zero-order valence-electron chi connectivity index (χ0n) is 19.4. The van der Waals surface area contributed by atoms with Gasteiger partial charge in [0.15, 0.2) is 0 Å². The molecule has 0 bridgehead atoms. The van der Waals surface area contributed by atoms with Crippen molar-refractivity contribution < 1.29 is 14.6 Å². The van der Waals surface area contributed by atoms with Gasteiger partial charge in [-0.15, -0.1) is 11.3 Å². The Morgan fingerprint density at radius 3 is 2.91 bits per heavy atom. The van der Waals surface area contributed by atoms with Crippen molar-refractivity contribution >= 4 is 40.2 Å². The van der Waals surface area contributed by atoms with Gasteiger partial charge in [-0.25, -0.2) is 4.98 Å². The number of amides is 1. The van der Waals surface area contributed by atoms with E-state index in [1.54, 1.807) is 0 Å². The van der Waals surface area contributed by atoms with E-state index in [0.717, 1.165) is 58.2 Å². The maximum absolute atomic E-state index is 11.8. The van der Waals surface area contributed by atoms with E-state index < -0.39 is 12.1 Å². The second kappa shape index (κ2) is 9.89. The van der Waals surface area contributed by atoms with Gasteiger partial charge in [0.05, 0.1) is 33.8 Å². The van der Waals surface area contributed by atoms with E-state index in [1.807, 2.05) is 71.1 Å². The van der Waals surface area contributed by atoms with E-state index >= 15 is 0 Å². The lowest BCUT2D eigenvalue weighted by Gasteiger charge is -2.34. The molecule has 2 atom stereocenters. The van der Waals surface area contributed by atoms with Crippen LogP contribution in [0.1, 0.15) is 42.7 Å². The molecule has 1 fully saturated rings. The zero-order chi connectivity index (χ0) is 24.5.